The van der Waals surface area contributed by atoms with Crippen LogP contribution in [0.5, 0.6) is 0 Å². The number of hydrogen-bond acceptors (Lipinski definition) is 6. The summed E-state index contributed by atoms with van der Waals surface area (Å²) in [6.45, 7) is 2.89. The van der Waals surface area contributed by atoms with Crippen molar-refractivity contribution in [2.75, 3.05) is 37.7 Å². The lowest BCUT2D eigenvalue weighted by molar-refractivity contribution is -0.136. The van der Waals surface area contributed by atoms with E-state index in [9.17, 15) is 23.6 Å². The van der Waals surface area contributed by atoms with E-state index in [0.717, 1.165) is 9.80 Å². The first kappa shape index (κ1) is 23.6. The quantitative estimate of drug-likeness (QED) is 0.541. The fourth-order valence-electron chi connectivity index (χ4n) is 4.53. The Morgan fingerprint density at radius 1 is 1.11 bits per heavy atom. The van der Waals surface area contributed by atoms with E-state index in [-0.39, 0.29) is 30.1 Å². The molecule has 0 bridgehead atoms. The normalized spacial score (nSPS) is 18.4. The average molecular weight is 493 g/mol. The smallest absolute Gasteiger partial charge is 0.332 e. The van der Waals surface area contributed by atoms with Gasteiger partial charge in [-0.15, -0.1) is 0 Å². The molecule has 1 aromatic heterocycles. The highest BCUT2D eigenvalue weighted by Gasteiger charge is 2.45. The van der Waals surface area contributed by atoms with Gasteiger partial charge in [0.05, 0.1) is 30.0 Å². The Labute approximate surface area is 205 Å². The number of ether oxygens (including phenoxy) is 1. The van der Waals surface area contributed by atoms with Gasteiger partial charge in [-0.25, -0.2) is 19.2 Å². The zero-order chi connectivity index (χ0) is 25.4. The molecule has 0 aliphatic carbocycles. The molecule has 2 fully saturated rings. The van der Waals surface area contributed by atoms with Crippen LogP contribution in [0.25, 0.3) is 10.8 Å². The van der Waals surface area contributed by atoms with E-state index >= 15 is 0 Å². The third kappa shape index (κ3) is 4.22. The summed E-state index contributed by atoms with van der Waals surface area (Å²) in [4.78, 5) is 54.5. The highest BCUT2D eigenvalue weighted by molar-refractivity contribution is 6.21. The van der Waals surface area contributed by atoms with Crippen LogP contribution >= 0.6 is 0 Å². The Bertz CT molecular complexity index is 1420. The fourth-order valence-corrected chi connectivity index (χ4v) is 4.53. The van der Waals surface area contributed by atoms with Gasteiger partial charge in [0.15, 0.2) is 0 Å². The Hall–Kier alpha value is -4.12. The predicted molar refractivity (Wildman–Crippen MR) is 128 cm³/mol. The average Bonchev–Trinajstić information content (AvgIpc) is 3.10. The van der Waals surface area contributed by atoms with Gasteiger partial charge >= 0.3 is 6.03 Å². The Morgan fingerprint density at radius 2 is 1.83 bits per heavy atom. The number of H-pyrrole nitrogens is 1. The third-order valence-electron chi connectivity index (χ3n) is 6.55. The lowest BCUT2D eigenvalue weighted by Crippen LogP contribution is -2.47. The molecule has 2 aliphatic heterocycles. The molecule has 2 aliphatic rings. The predicted octanol–water partition coefficient (Wildman–Crippen LogP) is 1.67. The topological polar surface area (TPSA) is 116 Å². The summed E-state index contributed by atoms with van der Waals surface area (Å²) in [6.07, 6.45) is 0.232. The van der Waals surface area contributed by atoms with Crippen LogP contribution < -0.4 is 10.5 Å². The summed E-state index contributed by atoms with van der Waals surface area (Å²) in [5.41, 5.74) is 0.646. The van der Waals surface area contributed by atoms with Crippen molar-refractivity contribution in [2.45, 2.75) is 19.4 Å². The lowest BCUT2D eigenvalue weighted by Gasteiger charge is -2.29. The molecular formula is C25H24FN5O5. The first-order chi connectivity index (χ1) is 17.3. The number of urea groups is 1. The first-order valence-corrected chi connectivity index (χ1v) is 11.6. The van der Waals surface area contributed by atoms with Crippen molar-refractivity contribution in [3.63, 3.8) is 0 Å². The maximum Gasteiger partial charge on any atom is 0.332 e. The fraction of sp³-hybridized carbons (Fsp3) is 0.320. The summed E-state index contributed by atoms with van der Waals surface area (Å²) in [7, 11) is 0. The number of anilines is 1. The number of carbonyl (C=O) groups excluding carboxylic acids is 3. The van der Waals surface area contributed by atoms with Crippen LogP contribution in [0.4, 0.5) is 14.9 Å². The van der Waals surface area contributed by atoms with E-state index in [0.29, 0.717) is 48.3 Å². The van der Waals surface area contributed by atoms with E-state index in [2.05, 4.69) is 10.2 Å². The zero-order valence-electron chi connectivity index (χ0n) is 19.6. The molecule has 3 aromatic rings. The number of nitrogens with zero attached hydrogens (tertiary/aromatic N) is 4. The number of benzene rings is 2. The van der Waals surface area contributed by atoms with Gasteiger partial charge in [-0.05, 0) is 30.7 Å². The summed E-state index contributed by atoms with van der Waals surface area (Å²) in [6, 6.07) is 9.47. The van der Waals surface area contributed by atoms with Crippen molar-refractivity contribution < 1.29 is 23.5 Å². The monoisotopic (exact) mass is 493 g/mol. The van der Waals surface area contributed by atoms with Gasteiger partial charge < -0.3 is 14.5 Å². The van der Waals surface area contributed by atoms with E-state index in [1.807, 2.05) is 0 Å². The number of imide groups is 1. The number of fused-ring (bicyclic) bond motifs is 1. The van der Waals surface area contributed by atoms with Crippen molar-refractivity contribution in [3.8, 4) is 0 Å². The van der Waals surface area contributed by atoms with Crippen LogP contribution in [-0.2, 0) is 20.7 Å². The maximum absolute atomic E-state index is 14.9. The molecule has 0 radical (unpaired) electrons. The molecule has 3 heterocycles. The second-order valence-corrected chi connectivity index (χ2v) is 8.76. The highest BCUT2D eigenvalue weighted by atomic mass is 19.1. The van der Waals surface area contributed by atoms with Crippen molar-refractivity contribution in [1.29, 1.82) is 0 Å². The van der Waals surface area contributed by atoms with Crippen LogP contribution in [0.1, 0.15) is 18.2 Å². The first-order valence-electron chi connectivity index (χ1n) is 11.6. The van der Waals surface area contributed by atoms with Crippen LogP contribution in [0.2, 0.25) is 0 Å². The number of hydrogen-bond donors (Lipinski definition) is 1. The number of morpholine rings is 1. The molecule has 1 unspecified atom stereocenters. The third-order valence-corrected chi connectivity index (χ3v) is 6.55. The van der Waals surface area contributed by atoms with Crippen molar-refractivity contribution in [1.82, 2.24) is 20.0 Å². The van der Waals surface area contributed by atoms with Gasteiger partial charge in [0.25, 0.3) is 11.5 Å². The van der Waals surface area contributed by atoms with Crippen LogP contribution in [0.3, 0.4) is 0 Å². The largest absolute Gasteiger partial charge is 0.378 e. The van der Waals surface area contributed by atoms with Crippen LogP contribution in [-0.4, -0.2) is 76.7 Å². The van der Waals surface area contributed by atoms with E-state index in [1.54, 1.807) is 29.2 Å². The number of carbonyl (C=O) groups is 3. The molecule has 2 saturated heterocycles. The number of rotatable bonds is 5. The molecule has 1 atom stereocenters. The Morgan fingerprint density at radius 3 is 2.58 bits per heavy atom. The lowest BCUT2D eigenvalue weighted by atomic mass is 10.0. The molecule has 186 valence electrons. The van der Waals surface area contributed by atoms with Crippen LogP contribution in [0.15, 0.2) is 47.3 Å². The second-order valence-electron chi connectivity index (χ2n) is 8.76. The Kier molecular flexibility index (Phi) is 6.23. The molecule has 11 heteroatoms. The summed E-state index contributed by atoms with van der Waals surface area (Å²) >= 11 is 0. The van der Waals surface area contributed by atoms with Crippen molar-refractivity contribution >= 4 is 34.3 Å². The van der Waals surface area contributed by atoms with Gasteiger partial charge in [0.2, 0.25) is 5.91 Å². The SMILES string of the molecule is CC1C(=O)N(c2cc(Cc3n[nH]c(=O)c4ccccc34)ccc2F)C(=O)N1CC(=O)N1CCOCC1. The molecular weight excluding hydrogens is 469 g/mol. The van der Waals surface area contributed by atoms with Gasteiger partial charge in [-0.1, -0.05) is 24.3 Å². The standard InChI is InChI=1S/C25H24FN5O5/c1-15-24(34)31(25(35)30(15)14-22(32)29-8-10-36-11-9-29)21-13-16(6-7-19(21)26)12-20-17-4-2-3-5-18(17)23(33)28-27-20/h2-7,13,15H,8-12,14H2,1H3,(H,28,33). The number of amides is 4. The molecule has 0 spiro atoms. The van der Waals surface area contributed by atoms with E-state index in [4.69, 9.17) is 4.74 Å². The van der Waals surface area contributed by atoms with Gasteiger partial charge in [0.1, 0.15) is 18.4 Å². The minimum atomic E-state index is -0.921. The highest BCUT2D eigenvalue weighted by Crippen LogP contribution is 2.29. The van der Waals surface area contributed by atoms with E-state index in [1.165, 1.54) is 25.1 Å². The summed E-state index contributed by atoms with van der Waals surface area (Å²) in [5, 5.41) is 7.74. The molecule has 36 heavy (non-hydrogen) atoms. The van der Waals surface area contributed by atoms with E-state index < -0.39 is 23.8 Å². The van der Waals surface area contributed by atoms with Crippen molar-refractivity contribution in [2.24, 2.45) is 0 Å². The summed E-state index contributed by atoms with van der Waals surface area (Å²) < 4.78 is 20.2. The maximum atomic E-state index is 14.9. The number of nitrogens with one attached hydrogen (secondary N) is 1. The summed E-state index contributed by atoms with van der Waals surface area (Å²) in [5.74, 6) is -1.65. The minimum Gasteiger partial charge on any atom is -0.378 e. The molecule has 1 N–H and O–H groups in total. The Balaban J connectivity index is 1.41. The van der Waals surface area contributed by atoms with Gasteiger partial charge in [0, 0.05) is 24.9 Å². The van der Waals surface area contributed by atoms with Gasteiger partial charge in [-0.3, -0.25) is 14.4 Å². The number of aromatic amines is 1. The molecule has 4 amide bonds. The molecule has 10 nitrogen and oxygen atoms in total. The van der Waals surface area contributed by atoms with Crippen molar-refractivity contribution in [3.05, 3.63) is 69.9 Å². The number of halogens is 1. The minimum absolute atomic E-state index is 0.190. The molecule has 5 rings (SSSR count). The second kappa shape index (κ2) is 9.50. The molecule has 2 aromatic carbocycles. The number of aromatic nitrogens is 2. The molecule has 0 saturated carbocycles. The zero-order valence-corrected chi connectivity index (χ0v) is 19.6. The van der Waals surface area contributed by atoms with Crippen LogP contribution in [0, 0.1) is 5.82 Å². The van der Waals surface area contributed by atoms with Gasteiger partial charge in [-0.2, -0.15) is 5.10 Å².